The number of aromatic nitrogens is 2. The highest BCUT2D eigenvalue weighted by atomic mass is 32.1. The Labute approximate surface area is 168 Å². The van der Waals surface area contributed by atoms with Crippen molar-refractivity contribution in [2.75, 3.05) is 0 Å². The molecule has 2 aromatic heterocycles. The second kappa shape index (κ2) is 7.17. The Kier molecular flexibility index (Phi) is 4.51. The fourth-order valence-corrected chi connectivity index (χ4v) is 5.31. The van der Waals surface area contributed by atoms with E-state index >= 15 is 0 Å². The first-order valence-corrected chi connectivity index (χ1v) is 10.9. The fraction of sp³-hybridized carbons (Fsp3) is 0.409. The minimum atomic E-state index is -0.425. The van der Waals surface area contributed by atoms with Crippen molar-refractivity contribution >= 4 is 40.0 Å². The van der Waals surface area contributed by atoms with Crippen LogP contribution in [0.2, 0.25) is 0 Å². The standard InChI is InChI=1S/C22H23N3O2S/c1-14-19(21(26)27-15-8-3-2-4-9-15)20(18-12-7-13-28-18)25-17-11-6-5-10-16(17)24-22(25)23-14/h5-7,10-13,15,19-20H,2-4,8-9H2,1H3. The molecule has 0 spiro atoms. The van der Waals surface area contributed by atoms with Crippen LogP contribution in [-0.4, -0.2) is 27.3 Å². The lowest BCUT2D eigenvalue weighted by molar-refractivity contribution is -0.154. The van der Waals surface area contributed by atoms with Crippen molar-refractivity contribution in [1.82, 2.24) is 9.55 Å². The van der Waals surface area contributed by atoms with Gasteiger partial charge in [-0.3, -0.25) is 9.36 Å². The van der Waals surface area contributed by atoms with Gasteiger partial charge in [0.15, 0.2) is 0 Å². The lowest BCUT2D eigenvalue weighted by atomic mass is 9.91. The van der Waals surface area contributed by atoms with Gasteiger partial charge in [0.25, 0.3) is 0 Å². The van der Waals surface area contributed by atoms with Crippen LogP contribution in [0.15, 0.2) is 46.8 Å². The first-order chi connectivity index (χ1) is 13.7. The van der Waals surface area contributed by atoms with Gasteiger partial charge < -0.3 is 4.74 Å². The van der Waals surface area contributed by atoms with Crippen LogP contribution in [0, 0.1) is 5.92 Å². The first kappa shape index (κ1) is 17.6. The molecule has 2 atom stereocenters. The molecule has 0 amide bonds. The maximum atomic E-state index is 13.3. The third kappa shape index (κ3) is 2.96. The number of rotatable bonds is 3. The predicted molar refractivity (Wildman–Crippen MR) is 111 cm³/mol. The number of fused-ring (bicyclic) bond motifs is 3. The molecule has 0 saturated heterocycles. The third-order valence-electron chi connectivity index (χ3n) is 5.82. The summed E-state index contributed by atoms with van der Waals surface area (Å²) >= 11 is 1.66. The molecule has 1 aliphatic heterocycles. The molecule has 1 saturated carbocycles. The molecular weight excluding hydrogens is 370 g/mol. The van der Waals surface area contributed by atoms with E-state index in [1.165, 1.54) is 6.42 Å². The van der Waals surface area contributed by atoms with Gasteiger partial charge in [0.05, 0.1) is 17.1 Å². The third-order valence-corrected chi connectivity index (χ3v) is 6.76. The minimum Gasteiger partial charge on any atom is -0.462 e. The van der Waals surface area contributed by atoms with Gasteiger partial charge in [-0.2, -0.15) is 0 Å². The number of imidazole rings is 1. The number of aliphatic imine (C=N–C) groups is 1. The number of nitrogens with zero attached hydrogens (tertiary/aromatic N) is 3. The zero-order valence-corrected chi connectivity index (χ0v) is 16.7. The average Bonchev–Trinajstić information content (AvgIpc) is 3.35. The van der Waals surface area contributed by atoms with Gasteiger partial charge in [-0.05, 0) is 56.2 Å². The van der Waals surface area contributed by atoms with Crippen molar-refractivity contribution in [2.45, 2.75) is 51.2 Å². The number of carbonyl (C=O) groups is 1. The molecule has 0 radical (unpaired) electrons. The molecule has 1 aromatic carbocycles. The number of ether oxygens (including phenoxy) is 1. The fourth-order valence-electron chi connectivity index (χ4n) is 4.46. The lowest BCUT2D eigenvalue weighted by Crippen LogP contribution is -2.38. The Morgan fingerprint density at radius 3 is 2.75 bits per heavy atom. The summed E-state index contributed by atoms with van der Waals surface area (Å²) < 4.78 is 8.10. The summed E-state index contributed by atoms with van der Waals surface area (Å²) in [5, 5.41) is 2.05. The normalized spacial score (nSPS) is 22.7. The van der Waals surface area contributed by atoms with Crippen molar-refractivity contribution in [2.24, 2.45) is 10.9 Å². The second-order valence-corrected chi connectivity index (χ2v) is 8.64. The van der Waals surface area contributed by atoms with E-state index < -0.39 is 5.92 Å². The summed E-state index contributed by atoms with van der Waals surface area (Å²) in [6.45, 7) is 1.93. The Bertz CT molecular complexity index is 1030. The van der Waals surface area contributed by atoms with E-state index in [0.717, 1.165) is 47.3 Å². The molecule has 3 aromatic rings. The maximum absolute atomic E-state index is 13.3. The van der Waals surface area contributed by atoms with Crippen molar-refractivity contribution < 1.29 is 9.53 Å². The Morgan fingerprint density at radius 2 is 1.96 bits per heavy atom. The van der Waals surface area contributed by atoms with E-state index in [-0.39, 0.29) is 18.1 Å². The average molecular weight is 394 g/mol. The summed E-state index contributed by atoms with van der Waals surface area (Å²) in [4.78, 5) is 23.9. The van der Waals surface area contributed by atoms with Gasteiger partial charge >= 0.3 is 5.97 Å². The largest absolute Gasteiger partial charge is 0.462 e. The van der Waals surface area contributed by atoms with Crippen LogP contribution in [0.3, 0.4) is 0 Å². The molecule has 0 bridgehead atoms. The van der Waals surface area contributed by atoms with Crippen LogP contribution >= 0.6 is 11.3 Å². The van der Waals surface area contributed by atoms with Crippen LogP contribution in [0.25, 0.3) is 11.0 Å². The van der Waals surface area contributed by atoms with E-state index in [0.29, 0.717) is 5.95 Å². The van der Waals surface area contributed by atoms with Crippen molar-refractivity contribution in [3.63, 3.8) is 0 Å². The molecule has 144 valence electrons. The number of benzene rings is 1. The zero-order valence-electron chi connectivity index (χ0n) is 15.9. The molecule has 5 nitrogen and oxygen atoms in total. The molecule has 1 fully saturated rings. The van der Waals surface area contributed by atoms with E-state index in [4.69, 9.17) is 14.7 Å². The number of esters is 1. The number of hydrogen-bond acceptors (Lipinski definition) is 5. The number of hydrogen-bond donors (Lipinski definition) is 0. The molecule has 0 N–H and O–H groups in total. The van der Waals surface area contributed by atoms with Gasteiger partial charge in [-0.15, -0.1) is 11.3 Å². The molecule has 2 aliphatic rings. The summed E-state index contributed by atoms with van der Waals surface area (Å²) in [6.07, 6.45) is 5.50. The van der Waals surface area contributed by atoms with E-state index in [1.54, 1.807) is 11.3 Å². The summed E-state index contributed by atoms with van der Waals surface area (Å²) in [5.41, 5.74) is 2.68. The monoisotopic (exact) mass is 393 g/mol. The van der Waals surface area contributed by atoms with E-state index in [1.807, 2.05) is 37.3 Å². The quantitative estimate of drug-likeness (QED) is 0.569. The number of thiophene rings is 1. The summed E-state index contributed by atoms with van der Waals surface area (Å²) in [5.74, 6) is 0.0829. The molecular formula is C22H23N3O2S. The van der Waals surface area contributed by atoms with Crippen molar-refractivity contribution in [3.8, 4) is 0 Å². The summed E-state index contributed by atoms with van der Waals surface area (Å²) in [6, 6.07) is 12.0. The zero-order chi connectivity index (χ0) is 19.1. The highest BCUT2D eigenvalue weighted by Crippen LogP contribution is 2.41. The SMILES string of the molecule is CC1=Nc2nc3ccccc3n2C(c2cccs2)C1C(=O)OC1CCCCC1. The van der Waals surface area contributed by atoms with Gasteiger partial charge in [0.2, 0.25) is 5.95 Å². The van der Waals surface area contributed by atoms with Gasteiger partial charge in [-0.25, -0.2) is 9.98 Å². The maximum Gasteiger partial charge on any atom is 0.317 e. The van der Waals surface area contributed by atoms with Gasteiger partial charge in [-0.1, -0.05) is 24.6 Å². The second-order valence-electron chi connectivity index (χ2n) is 7.66. The van der Waals surface area contributed by atoms with Crippen molar-refractivity contribution in [3.05, 3.63) is 46.7 Å². The van der Waals surface area contributed by atoms with Crippen LogP contribution in [0.1, 0.15) is 49.9 Å². The first-order valence-electron chi connectivity index (χ1n) is 9.98. The van der Waals surface area contributed by atoms with Gasteiger partial charge in [0.1, 0.15) is 12.0 Å². The molecule has 28 heavy (non-hydrogen) atoms. The Hall–Kier alpha value is -2.47. The molecule has 6 heteroatoms. The van der Waals surface area contributed by atoms with E-state index in [9.17, 15) is 4.79 Å². The lowest BCUT2D eigenvalue weighted by Gasteiger charge is -2.32. The Balaban J connectivity index is 1.59. The molecule has 3 heterocycles. The summed E-state index contributed by atoms with van der Waals surface area (Å²) in [7, 11) is 0. The topological polar surface area (TPSA) is 56.5 Å². The van der Waals surface area contributed by atoms with Crippen LogP contribution in [0.4, 0.5) is 5.95 Å². The predicted octanol–water partition coefficient (Wildman–Crippen LogP) is 5.29. The highest BCUT2D eigenvalue weighted by Gasteiger charge is 2.41. The highest BCUT2D eigenvalue weighted by molar-refractivity contribution is 7.10. The van der Waals surface area contributed by atoms with Crippen LogP contribution < -0.4 is 0 Å². The molecule has 5 rings (SSSR count). The van der Waals surface area contributed by atoms with Crippen LogP contribution in [0.5, 0.6) is 0 Å². The van der Waals surface area contributed by atoms with E-state index in [2.05, 4.69) is 16.0 Å². The number of para-hydroxylation sites is 2. The minimum absolute atomic E-state index is 0.0407. The van der Waals surface area contributed by atoms with Gasteiger partial charge in [0, 0.05) is 10.6 Å². The van der Waals surface area contributed by atoms with Crippen LogP contribution in [-0.2, 0) is 9.53 Å². The van der Waals surface area contributed by atoms with Crippen molar-refractivity contribution in [1.29, 1.82) is 0 Å². The Morgan fingerprint density at radius 1 is 1.14 bits per heavy atom. The smallest absolute Gasteiger partial charge is 0.317 e. The number of carbonyl (C=O) groups excluding carboxylic acids is 1. The molecule has 1 aliphatic carbocycles. The molecule has 2 unspecified atom stereocenters.